The Morgan fingerprint density at radius 3 is 2.53 bits per heavy atom. The van der Waals surface area contributed by atoms with Gasteiger partial charge in [-0.2, -0.15) is 0 Å². The number of aromatic amines is 1. The third-order valence-electron chi connectivity index (χ3n) is 5.71. The summed E-state index contributed by atoms with van der Waals surface area (Å²) in [6.45, 7) is 9.07. The van der Waals surface area contributed by atoms with Crippen molar-refractivity contribution in [3.8, 4) is 0 Å². The van der Waals surface area contributed by atoms with E-state index in [0.29, 0.717) is 24.6 Å². The molecule has 1 aliphatic heterocycles. The first-order valence-electron chi connectivity index (χ1n) is 11.2. The number of H-pyrrole nitrogens is 1. The summed E-state index contributed by atoms with van der Waals surface area (Å²) < 4.78 is 0. The number of rotatable bonds is 10. The fourth-order valence-corrected chi connectivity index (χ4v) is 3.83. The minimum Gasteiger partial charge on any atom is -0.345 e. The highest BCUT2D eigenvalue weighted by Crippen LogP contribution is 2.16. The quantitative estimate of drug-likeness (QED) is 0.558. The molecule has 2 amide bonds. The Labute approximate surface area is 179 Å². The van der Waals surface area contributed by atoms with Gasteiger partial charge in [0.25, 0.3) is 0 Å². The molecular formula is C23H35N5O2. The van der Waals surface area contributed by atoms with Crippen molar-refractivity contribution in [1.82, 2.24) is 25.5 Å². The van der Waals surface area contributed by atoms with E-state index in [1.165, 1.54) is 12.8 Å². The zero-order valence-corrected chi connectivity index (χ0v) is 18.4. The molecule has 0 radical (unpaired) electrons. The first-order chi connectivity index (χ1) is 14.4. The summed E-state index contributed by atoms with van der Waals surface area (Å²) in [5, 5.41) is 6.01. The van der Waals surface area contributed by atoms with E-state index in [1.54, 1.807) is 0 Å². The minimum absolute atomic E-state index is 0.0540. The summed E-state index contributed by atoms with van der Waals surface area (Å²) in [5.41, 5.74) is 1.82. The third-order valence-corrected chi connectivity index (χ3v) is 5.71. The molecule has 1 saturated heterocycles. The number of amides is 2. The van der Waals surface area contributed by atoms with E-state index in [2.05, 4.69) is 39.3 Å². The molecule has 2 atom stereocenters. The number of imidazole rings is 1. The highest BCUT2D eigenvalue weighted by atomic mass is 16.2. The van der Waals surface area contributed by atoms with Crippen molar-refractivity contribution in [2.24, 2.45) is 5.92 Å². The molecule has 2 heterocycles. The Kier molecular flexibility index (Phi) is 7.85. The number of para-hydroxylation sites is 2. The average Bonchev–Trinajstić information content (AvgIpc) is 3.38. The number of nitrogens with one attached hydrogen (secondary N) is 3. The fourth-order valence-electron chi connectivity index (χ4n) is 3.83. The van der Waals surface area contributed by atoms with Crippen LogP contribution in [0.5, 0.6) is 0 Å². The molecule has 3 N–H and O–H groups in total. The van der Waals surface area contributed by atoms with Crippen LogP contribution in [-0.2, 0) is 9.59 Å². The number of nitrogens with zero attached hydrogens (tertiary/aromatic N) is 2. The van der Waals surface area contributed by atoms with Crippen LogP contribution in [0.4, 0.5) is 0 Å². The molecule has 0 bridgehead atoms. The molecule has 0 aliphatic carbocycles. The second kappa shape index (κ2) is 10.6. The predicted molar refractivity (Wildman–Crippen MR) is 119 cm³/mol. The van der Waals surface area contributed by atoms with Gasteiger partial charge in [-0.3, -0.25) is 9.59 Å². The maximum atomic E-state index is 13.0. The normalized spacial score (nSPS) is 16.7. The van der Waals surface area contributed by atoms with E-state index in [9.17, 15) is 9.59 Å². The van der Waals surface area contributed by atoms with Gasteiger partial charge in [-0.15, -0.1) is 0 Å². The molecule has 164 valence electrons. The van der Waals surface area contributed by atoms with Gasteiger partial charge in [-0.1, -0.05) is 26.0 Å². The molecule has 1 unspecified atom stereocenters. The second-order valence-corrected chi connectivity index (χ2v) is 8.76. The first-order valence-corrected chi connectivity index (χ1v) is 11.2. The monoisotopic (exact) mass is 413 g/mol. The van der Waals surface area contributed by atoms with E-state index in [-0.39, 0.29) is 17.9 Å². The SMILES string of the molecule is CC(C)CCC(=O)NC(CCN1CCCC1)C(=O)N[C@@H](C)c1nc2ccccc2[nH]1. The summed E-state index contributed by atoms with van der Waals surface area (Å²) in [6.07, 6.45) is 4.31. The lowest BCUT2D eigenvalue weighted by atomic mass is 10.1. The number of carbonyl (C=O) groups is 2. The summed E-state index contributed by atoms with van der Waals surface area (Å²) in [7, 11) is 0. The van der Waals surface area contributed by atoms with Crippen LogP contribution in [-0.4, -0.2) is 52.4 Å². The molecule has 1 aliphatic rings. The molecule has 0 saturated carbocycles. The molecule has 0 spiro atoms. The van der Waals surface area contributed by atoms with Crippen LogP contribution in [0.1, 0.15) is 64.7 Å². The van der Waals surface area contributed by atoms with Gasteiger partial charge in [0.05, 0.1) is 17.1 Å². The summed E-state index contributed by atoms with van der Waals surface area (Å²) in [4.78, 5) is 35.7. The molecule has 3 rings (SSSR count). The highest BCUT2D eigenvalue weighted by molar-refractivity contribution is 5.87. The van der Waals surface area contributed by atoms with E-state index in [4.69, 9.17) is 0 Å². The van der Waals surface area contributed by atoms with Crippen molar-refractivity contribution < 1.29 is 9.59 Å². The summed E-state index contributed by atoms with van der Waals surface area (Å²) >= 11 is 0. The first kappa shape index (κ1) is 22.3. The van der Waals surface area contributed by atoms with Crippen LogP contribution >= 0.6 is 0 Å². The predicted octanol–water partition coefficient (Wildman–Crippen LogP) is 3.15. The van der Waals surface area contributed by atoms with Gasteiger partial charge in [-0.05, 0) is 63.7 Å². The lowest BCUT2D eigenvalue weighted by Gasteiger charge is -2.23. The van der Waals surface area contributed by atoms with Gasteiger partial charge >= 0.3 is 0 Å². The van der Waals surface area contributed by atoms with Crippen molar-refractivity contribution in [1.29, 1.82) is 0 Å². The molecule has 30 heavy (non-hydrogen) atoms. The highest BCUT2D eigenvalue weighted by Gasteiger charge is 2.25. The van der Waals surface area contributed by atoms with E-state index in [1.807, 2.05) is 31.2 Å². The zero-order valence-electron chi connectivity index (χ0n) is 18.4. The number of fused-ring (bicyclic) bond motifs is 1. The molecule has 7 heteroatoms. The van der Waals surface area contributed by atoms with Crippen LogP contribution < -0.4 is 10.6 Å². The standard InChI is InChI=1S/C23H35N5O2/c1-16(2)10-11-21(29)25-20(12-15-28-13-6-7-14-28)23(30)24-17(3)22-26-18-8-4-5-9-19(18)27-22/h4-5,8-9,16-17,20H,6-7,10-15H2,1-3H3,(H,24,30)(H,25,29)(H,26,27)/t17-,20?/m0/s1. The van der Waals surface area contributed by atoms with E-state index < -0.39 is 6.04 Å². The Balaban J connectivity index is 1.62. The van der Waals surface area contributed by atoms with Crippen LogP contribution in [0.2, 0.25) is 0 Å². The fraction of sp³-hybridized carbons (Fsp3) is 0.609. The lowest BCUT2D eigenvalue weighted by molar-refractivity contribution is -0.129. The maximum Gasteiger partial charge on any atom is 0.243 e. The zero-order chi connectivity index (χ0) is 21.5. The Hall–Kier alpha value is -2.41. The number of carbonyl (C=O) groups excluding carboxylic acids is 2. The Morgan fingerprint density at radius 1 is 1.10 bits per heavy atom. The van der Waals surface area contributed by atoms with Crippen LogP contribution in [0, 0.1) is 5.92 Å². The van der Waals surface area contributed by atoms with Gasteiger partial charge in [0.2, 0.25) is 11.8 Å². The van der Waals surface area contributed by atoms with Gasteiger partial charge in [-0.25, -0.2) is 4.98 Å². The molecule has 2 aromatic rings. The van der Waals surface area contributed by atoms with Gasteiger partial charge in [0, 0.05) is 13.0 Å². The van der Waals surface area contributed by atoms with Gasteiger partial charge < -0.3 is 20.5 Å². The Morgan fingerprint density at radius 2 is 1.83 bits per heavy atom. The van der Waals surface area contributed by atoms with Crippen molar-refractivity contribution in [3.63, 3.8) is 0 Å². The number of hydrogen-bond donors (Lipinski definition) is 3. The Bertz CT molecular complexity index is 808. The van der Waals surface area contributed by atoms with Crippen molar-refractivity contribution in [2.75, 3.05) is 19.6 Å². The molecular weight excluding hydrogens is 378 g/mol. The van der Waals surface area contributed by atoms with Crippen LogP contribution in [0.3, 0.4) is 0 Å². The summed E-state index contributed by atoms with van der Waals surface area (Å²) in [5.74, 6) is 0.969. The number of aromatic nitrogens is 2. The molecule has 7 nitrogen and oxygen atoms in total. The number of likely N-dealkylation sites (tertiary alicyclic amines) is 1. The van der Waals surface area contributed by atoms with Crippen LogP contribution in [0.25, 0.3) is 11.0 Å². The lowest BCUT2D eigenvalue weighted by Crippen LogP contribution is -2.48. The largest absolute Gasteiger partial charge is 0.345 e. The van der Waals surface area contributed by atoms with Crippen molar-refractivity contribution in [2.45, 2.75) is 65.0 Å². The second-order valence-electron chi connectivity index (χ2n) is 8.76. The van der Waals surface area contributed by atoms with Crippen molar-refractivity contribution in [3.05, 3.63) is 30.1 Å². The number of hydrogen-bond acceptors (Lipinski definition) is 4. The molecule has 1 aromatic carbocycles. The maximum absolute atomic E-state index is 13.0. The average molecular weight is 414 g/mol. The van der Waals surface area contributed by atoms with E-state index in [0.717, 1.165) is 37.1 Å². The summed E-state index contributed by atoms with van der Waals surface area (Å²) in [6, 6.07) is 7.00. The topological polar surface area (TPSA) is 90.1 Å². The molecule has 1 fully saturated rings. The van der Waals surface area contributed by atoms with Gasteiger partial charge in [0.1, 0.15) is 11.9 Å². The third kappa shape index (κ3) is 6.29. The smallest absolute Gasteiger partial charge is 0.243 e. The molecule has 1 aromatic heterocycles. The minimum atomic E-state index is -0.530. The van der Waals surface area contributed by atoms with Crippen molar-refractivity contribution >= 4 is 22.8 Å². The van der Waals surface area contributed by atoms with Gasteiger partial charge in [0.15, 0.2) is 0 Å². The van der Waals surface area contributed by atoms with Crippen LogP contribution in [0.15, 0.2) is 24.3 Å². The number of benzene rings is 1. The van der Waals surface area contributed by atoms with E-state index >= 15 is 0 Å².